The maximum atomic E-state index is 12.2. The second kappa shape index (κ2) is 14.8. The number of ether oxygens (including phenoxy) is 3. The van der Waals surface area contributed by atoms with Crippen molar-refractivity contribution in [1.29, 1.82) is 0 Å². The first-order chi connectivity index (χ1) is 18.3. The molecule has 2 N–H and O–H groups in total. The van der Waals surface area contributed by atoms with Gasteiger partial charge in [0.05, 0.1) is 23.5 Å². The summed E-state index contributed by atoms with van der Waals surface area (Å²) >= 11 is 14.4. The predicted octanol–water partition coefficient (Wildman–Crippen LogP) is 5.85. The molecular weight excluding hydrogens is 644 g/mol. The molecule has 0 aliphatic rings. The molecule has 0 aromatic heterocycles. The molecule has 0 radical (unpaired) electrons. The van der Waals surface area contributed by atoms with Crippen molar-refractivity contribution < 1.29 is 23.8 Å². The minimum Gasteiger partial charge on any atom is -0.497 e. The van der Waals surface area contributed by atoms with E-state index in [9.17, 15) is 9.59 Å². The van der Waals surface area contributed by atoms with Crippen LogP contribution in [0, 0.1) is 3.57 Å². The summed E-state index contributed by atoms with van der Waals surface area (Å²) in [5.41, 5.74) is 4.45. The van der Waals surface area contributed by atoms with Gasteiger partial charge in [0, 0.05) is 34.1 Å². The van der Waals surface area contributed by atoms with Crippen LogP contribution in [0.1, 0.15) is 34.8 Å². The van der Waals surface area contributed by atoms with E-state index in [1.54, 1.807) is 49.6 Å². The van der Waals surface area contributed by atoms with E-state index in [4.69, 9.17) is 37.4 Å². The van der Waals surface area contributed by atoms with Crippen LogP contribution in [-0.4, -0.2) is 38.3 Å². The Bertz CT molecular complexity index is 1300. The Morgan fingerprint density at radius 2 is 1.82 bits per heavy atom. The number of benzene rings is 3. The fraction of sp³-hybridized carbons (Fsp3) is 0.222. The van der Waals surface area contributed by atoms with Gasteiger partial charge in [-0.15, -0.1) is 0 Å². The number of amides is 2. The SMILES string of the molecule is CCOc1cc(C=NNC(=O)CCNC(=O)c2ccc(OC)cc2)cc(I)c1OCc1ccc(Cl)cc1Cl. The van der Waals surface area contributed by atoms with Crippen LogP contribution in [0.15, 0.2) is 59.7 Å². The third-order valence-corrected chi connectivity index (χ3v) is 6.50. The average Bonchev–Trinajstić information content (AvgIpc) is 2.89. The van der Waals surface area contributed by atoms with E-state index in [2.05, 4.69) is 38.4 Å². The molecule has 0 aliphatic carbocycles. The third kappa shape index (κ3) is 8.78. The minimum absolute atomic E-state index is 0.0704. The van der Waals surface area contributed by atoms with Gasteiger partial charge in [0.1, 0.15) is 12.4 Å². The third-order valence-electron chi connectivity index (χ3n) is 5.11. The average molecular weight is 670 g/mol. The number of carbonyl (C=O) groups is 2. The summed E-state index contributed by atoms with van der Waals surface area (Å²) in [7, 11) is 1.55. The van der Waals surface area contributed by atoms with Crippen LogP contribution < -0.4 is 25.0 Å². The minimum atomic E-state index is -0.337. The van der Waals surface area contributed by atoms with Crippen molar-refractivity contribution in [3.63, 3.8) is 0 Å². The first kappa shape index (κ1) is 29.5. The van der Waals surface area contributed by atoms with Gasteiger partial charge in [-0.1, -0.05) is 29.3 Å². The lowest BCUT2D eigenvalue weighted by atomic mass is 10.2. The maximum absolute atomic E-state index is 12.2. The number of methoxy groups -OCH3 is 1. The molecule has 8 nitrogen and oxygen atoms in total. The number of halogens is 3. The molecule has 0 aliphatic heterocycles. The molecule has 0 unspecified atom stereocenters. The van der Waals surface area contributed by atoms with Crippen molar-refractivity contribution in [2.24, 2.45) is 5.10 Å². The first-order valence-electron chi connectivity index (χ1n) is 11.6. The predicted molar refractivity (Wildman–Crippen MR) is 157 cm³/mol. The molecule has 0 heterocycles. The number of carbonyl (C=O) groups excluding carboxylic acids is 2. The molecule has 11 heteroatoms. The molecule has 0 atom stereocenters. The van der Waals surface area contributed by atoms with Gasteiger partial charge in [-0.05, 0) is 83.6 Å². The smallest absolute Gasteiger partial charge is 0.251 e. The summed E-state index contributed by atoms with van der Waals surface area (Å²) in [6, 6.07) is 15.6. The van der Waals surface area contributed by atoms with Crippen LogP contribution in [-0.2, 0) is 11.4 Å². The summed E-state index contributed by atoms with van der Waals surface area (Å²) < 4.78 is 17.7. The lowest BCUT2D eigenvalue weighted by Crippen LogP contribution is -2.29. The summed E-state index contributed by atoms with van der Waals surface area (Å²) in [6.45, 7) is 2.72. The fourth-order valence-electron chi connectivity index (χ4n) is 3.22. The van der Waals surface area contributed by atoms with Crippen LogP contribution in [0.4, 0.5) is 0 Å². The van der Waals surface area contributed by atoms with Gasteiger partial charge in [0.15, 0.2) is 11.5 Å². The quantitative estimate of drug-likeness (QED) is 0.143. The van der Waals surface area contributed by atoms with Crippen molar-refractivity contribution in [3.8, 4) is 17.2 Å². The monoisotopic (exact) mass is 669 g/mol. The van der Waals surface area contributed by atoms with E-state index >= 15 is 0 Å². The lowest BCUT2D eigenvalue weighted by Gasteiger charge is -2.15. The first-order valence-corrected chi connectivity index (χ1v) is 13.4. The highest BCUT2D eigenvalue weighted by Gasteiger charge is 2.13. The van der Waals surface area contributed by atoms with Crippen LogP contribution in [0.25, 0.3) is 0 Å². The zero-order valence-electron chi connectivity index (χ0n) is 20.7. The second-order valence-electron chi connectivity index (χ2n) is 7.81. The van der Waals surface area contributed by atoms with E-state index in [0.717, 1.165) is 9.13 Å². The van der Waals surface area contributed by atoms with Gasteiger partial charge in [-0.25, -0.2) is 5.43 Å². The van der Waals surface area contributed by atoms with Crippen molar-refractivity contribution in [1.82, 2.24) is 10.7 Å². The summed E-state index contributed by atoms with van der Waals surface area (Å²) in [6.07, 6.45) is 1.58. The summed E-state index contributed by atoms with van der Waals surface area (Å²) in [4.78, 5) is 24.3. The molecule has 2 amide bonds. The van der Waals surface area contributed by atoms with E-state index in [1.807, 2.05) is 19.1 Å². The van der Waals surface area contributed by atoms with E-state index in [1.165, 1.54) is 6.21 Å². The van der Waals surface area contributed by atoms with Crippen LogP contribution in [0.2, 0.25) is 10.0 Å². The molecule has 38 heavy (non-hydrogen) atoms. The highest BCUT2D eigenvalue weighted by Crippen LogP contribution is 2.35. The molecule has 0 saturated heterocycles. The van der Waals surface area contributed by atoms with E-state index in [-0.39, 0.29) is 31.4 Å². The van der Waals surface area contributed by atoms with Crippen molar-refractivity contribution in [3.05, 3.63) is 84.9 Å². The van der Waals surface area contributed by atoms with Crippen molar-refractivity contribution >= 4 is 63.8 Å². The lowest BCUT2D eigenvalue weighted by molar-refractivity contribution is -0.120. The van der Waals surface area contributed by atoms with Crippen LogP contribution in [0.3, 0.4) is 0 Å². The van der Waals surface area contributed by atoms with Gasteiger partial charge in [-0.3, -0.25) is 9.59 Å². The standard InChI is InChI=1S/C27H26Cl2IN3O5/c1-3-37-24-13-17(12-23(30)26(24)38-16-19-4-7-20(28)14-22(19)29)15-32-33-25(34)10-11-31-27(35)18-5-8-21(36-2)9-6-18/h4-9,12-15H,3,10-11,16H2,1-2H3,(H,31,35)(H,33,34). The summed E-state index contributed by atoms with van der Waals surface area (Å²) in [5, 5.41) is 7.79. The highest BCUT2D eigenvalue weighted by molar-refractivity contribution is 14.1. The Hall–Kier alpha value is -3.02. The van der Waals surface area contributed by atoms with Crippen molar-refractivity contribution in [2.75, 3.05) is 20.3 Å². The maximum Gasteiger partial charge on any atom is 0.251 e. The normalized spacial score (nSPS) is 10.8. The molecule has 0 saturated carbocycles. The van der Waals surface area contributed by atoms with Gasteiger partial charge in [0.2, 0.25) is 5.91 Å². The van der Waals surface area contributed by atoms with Gasteiger partial charge < -0.3 is 19.5 Å². The second-order valence-corrected chi connectivity index (χ2v) is 9.82. The number of hydrogen-bond acceptors (Lipinski definition) is 6. The fourth-order valence-corrected chi connectivity index (χ4v) is 4.47. The Balaban J connectivity index is 1.53. The Morgan fingerprint density at radius 3 is 2.50 bits per heavy atom. The molecular formula is C27H26Cl2IN3O5. The van der Waals surface area contributed by atoms with Crippen LogP contribution >= 0.6 is 45.8 Å². The van der Waals surface area contributed by atoms with Gasteiger partial charge in [-0.2, -0.15) is 5.10 Å². The largest absolute Gasteiger partial charge is 0.497 e. The number of rotatable bonds is 12. The molecule has 3 rings (SSSR count). The molecule has 200 valence electrons. The topological polar surface area (TPSA) is 98.2 Å². The van der Waals surface area contributed by atoms with Gasteiger partial charge in [0.25, 0.3) is 5.91 Å². The molecule has 3 aromatic rings. The van der Waals surface area contributed by atoms with E-state index < -0.39 is 0 Å². The molecule has 0 bridgehead atoms. The van der Waals surface area contributed by atoms with Crippen molar-refractivity contribution in [2.45, 2.75) is 20.0 Å². The zero-order chi connectivity index (χ0) is 27.5. The number of hydrogen-bond donors (Lipinski definition) is 2. The summed E-state index contributed by atoms with van der Waals surface area (Å²) in [5.74, 6) is 1.16. The molecule has 0 fully saturated rings. The Morgan fingerprint density at radius 1 is 1.05 bits per heavy atom. The molecule has 0 spiro atoms. The number of nitrogens with zero attached hydrogens (tertiary/aromatic N) is 1. The Labute approximate surface area is 244 Å². The molecule has 3 aromatic carbocycles. The number of hydrazone groups is 1. The van der Waals surface area contributed by atoms with Crippen LogP contribution in [0.5, 0.6) is 17.2 Å². The zero-order valence-corrected chi connectivity index (χ0v) is 24.4. The Kier molecular flexibility index (Phi) is 11.5. The van der Waals surface area contributed by atoms with Gasteiger partial charge >= 0.3 is 0 Å². The number of nitrogens with one attached hydrogen (secondary N) is 2. The van der Waals surface area contributed by atoms with E-state index in [0.29, 0.717) is 45.0 Å². The highest BCUT2D eigenvalue weighted by atomic mass is 127.